The van der Waals surface area contributed by atoms with Crippen molar-refractivity contribution >= 4 is 0 Å². The second-order valence-corrected chi connectivity index (χ2v) is 5.21. The van der Waals surface area contributed by atoms with Crippen LogP contribution in [0.3, 0.4) is 0 Å². The van der Waals surface area contributed by atoms with Crippen molar-refractivity contribution in [1.29, 1.82) is 0 Å². The zero-order valence-electron chi connectivity index (χ0n) is 11.4. The highest BCUT2D eigenvalue weighted by Crippen LogP contribution is 2.21. The largest absolute Gasteiger partial charge is 0.297 e. The van der Waals surface area contributed by atoms with Gasteiger partial charge in [0, 0.05) is 6.04 Å². The van der Waals surface area contributed by atoms with Gasteiger partial charge in [-0.05, 0) is 45.7 Å². The molecule has 1 aliphatic rings. The highest BCUT2D eigenvalue weighted by Gasteiger charge is 2.19. The lowest BCUT2D eigenvalue weighted by Crippen LogP contribution is -2.36. The minimum atomic E-state index is 0.532. The summed E-state index contributed by atoms with van der Waals surface area (Å²) >= 11 is 0. The van der Waals surface area contributed by atoms with Crippen LogP contribution in [0.4, 0.5) is 0 Å². The fraction of sp³-hybridized carbons (Fsp3) is 0.625. The van der Waals surface area contributed by atoms with Crippen molar-refractivity contribution in [1.82, 2.24) is 4.90 Å². The first kappa shape index (κ1) is 14.2. The van der Waals surface area contributed by atoms with E-state index in [0.717, 1.165) is 18.4 Å². The van der Waals surface area contributed by atoms with Crippen molar-refractivity contribution < 1.29 is 0 Å². The first-order chi connectivity index (χ1) is 8.15. The third-order valence-corrected chi connectivity index (χ3v) is 3.68. The van der Waals surface area contributed by atoms with E-state index in [-0.39, 0.29) is 0 Å². The maximum absolute atomic E-state index is 4.17. The molecule has 0 aliphatic carbocycles. The van der Waals surface area contributed by atoms with Gasteiger partial charge < -0.3 is 0 Å². The molecule has 0 radical (unpaired) electrons. The lowest BCUT2D eigenvalue weighted by molar-refractivity contribution is 0.220. The summed E-state index contributed by atoms with van der Waals surface area (Å²) in [5.41, 5.74) is 2.44. The monoisotopic (exact) mass is 233 g/mol. The van der Waals surface area contributed by atoms with E-state index >= 15 is 0 Å². The van der Waals surface area contributed by atoms with Crippen molar-refractivity contribution in [3.63, 3.8) is 0 Å². The molecule has 0 bridgehead atoms. The molecule has 0 spiro atoms. The summed E-state index contributed by atoms with van der Waals surface area (Å²) in [5, 5.41) is 0. The van der Waals surface area contributed by atoms with E-state index in [9.17, 15) is 0 Å². The Kier molecular flexibility index (Phi) is 6.28. The van der Waals surface area contributed by atoms with E-state index in [1.165, 1.54) is 44.3 Å². The molecule has 0 saturated carbocycles. The Bertz CT molecular complexity index is 269. The number of likely N-dealkylation sites (tertiary alicyclic amines) is 1. The highest BCUT2D eigenvalue weighted by atomic mass is 15.2. The number of hydrogen-bond donors (Lipinski definition) is 0. The molecule has 0 N–H and O–H groups in total. The van der Waals surface area contributed by atoms with Gasteiger partial charge in [-0.25, -0.2) is 0 Å². The predicted molar refractivity (Wildman–Crippen MR) is 77.2 cm³/mol. The molecule has 1 nitrogen and oxygen atoms in total. The molecule has 1 fully saturated rings. The van der Waals surface area contributed by atoms with Crippen LogP contribution in [0.1, 0.15) is 45.4 Å². The van der Waals surface area contributed by atoms with Crippen LogP contribution in [0, 0.1) is 0 Å². The Balaban J connectivity index is 2.54. The molecule has 96 valence electrons. The molecule has 0 amide bonds. The van der Waals surface area contributed by atoms with E-state index in [1.54, 1.807) is 0 Å². The Labute approximate surface area is 107 Å². The molecular formula is C16H27N. The smallest absolute Gasteiger partial charge is 0.0305 e. The molecule has 1 atom stereocenters. The molecule has 0 aromatic rings. The first-order valence-corrected chi connectivity index (χ1v) is 6.85. The maximum Gasteiger partial charge on any atom is 0.0305 e. The van der Waals surface area contributed by atoms with Crippen LogP contribution in [0.15, 0.2) is 37.0 Å². The predicted octanol–water partition coefficient (Wildman–Crippen LogP) is 4.33. The number of hydrogen-bond acceptors (Lipinski definition) is 1. The third-order valence-electron chi connectivity index (χ3n) is 3.68. The first-order valence-electron chi connectivity index (χ1n) is 6.85. The van der Waals surface area contributed by atoms with E-state index < -0.39 is 0 Å². The molecule has 1 rings (SSSR count). The second kappa shape index (κ2) is 7.50. The Morgan fingerprint density at radius 3 is 2.24 bits per heavy atom. The molecule has 1 unspecified atom stereocenters. The SMILES string of the molecule is C=CC(=C)CCC(C(=C)C)N1CCCCCC1. The van der Waals surface area contributed by atoms with Crippen molar-refractivity contribution in [2.24, 2.45) is 0 Å². The van der Waals surface area contributed by atoms with E-state index in [1.807, 2.05) is 6.08 Å². The normalized spacial score (nSPS) is 19.4. The standard InChI is InChI=1S/C16H27N/c1-5-15(4)10-11-16(14(2)3)17-12-8-6-7-9-13-17/h5,16H,1-2,4,6-13H2,3H3. The summed E-state index contributed by atoms with van der Waals surface area (Å²) in [6.07, 6.45) is 9.51. The van der Waals surface area contributed by atoms with Gasteiger partial charge in [0.2, 0.25) is 0 Å². The lowest BCUT2D eigenvalue weighted by atomic mass is 9.99. The third kappa shape index (κ3) is 4.91. The van der Waals surface area contributed by atoms with Gasteiger partial charge in [-0.1, -0.05) is 49.8 Å². The van der Waals surface area contributed by atoms with Crippen LogP contribution in [-0.2, 0) is 0 Å². The van der Waals surface area contributed by atoms with Crippen molar-refractivity contribution in [3.8, 4) is 0 Å². The fourth-order valence-corrected chi connectivity index (χ4v) is 2.57. The summed E-state index contributed by atoms with van der Waals surface area (Å²) in [4.78, 5) is 2.62. The average Bonchev–Trinajstić information content (AvgIpc) is 2.57. The van der Waals surface area contributed by atoms with Gasteiger partial charge in [-0.3, -0.25) is 4.90 Å². The van der Waals surface area contributed by atoms with Gasteiger partial charge in [-0.15, -0.1) is 0 Å². The van der Waals surface area contributed by atoms with Crippen LogP contribution >= 0.6 is 0 Å². The minimum absolute atomic E-state index is 0.532. The summed E-state index contributed by atoms with van der Waals surface area (Å²) in [5.74, 6) is 0. The van der Waals surface area contributed by atoms with Crippen molar-refractivity contribution in [2.75, 3.05) is 13.1 Å². The average molecular weight is 233 g/mol. The minimum Gasteiger partial charge on any atom is -0.297 e. The van der Waals surface area contributed by atoms with Crippen molar-refractivity contribution in [3.05, 3.63) is 37.0 Å². The van der Waals surface area contributed by atoms with Crippen LogP contribution in [0.25, 0.3) is 0 Å². The van der Waals surface area contributed by atoms with Gasteiger partial charge in [-0.2, -0.15) is 0 Å². The number of allylic oxidation sites excluding steroid dienone is 2. The lowest BCUT2D eigenvalue weighted by Gasteiger charge is -2.31. The Morgan fingerprint density at radius 2 is 1.76 bits per heavy atom. The number of nitrogens with zero attached hydrogens (tertiary/aromatic N) is 1. The summed E-state index contributed by atoms with van der Waals surface area (Å²) < 4.78 is 0. The van der Waals surface area contributed by atoms with E-state index in [4.69, 9.17) is 0 Å². The quantitative estimate of drug-likeness (QED) is 0.487. The molecule has 1 aliphatic heterocycles. The van der Waals surface area contributed by atoms with Gasteiger partial charge in [0.25, 0.3) is 0 Å². The van der Waals surface area contributed by atoms with Crippen molar-refractivity contribution in [2.45, 2.75) is 51.5 Å². The summed E-state index contributed by atoms with van der Waals surface area (Å²) in [6.45, 7) is 16.6. The van der Waals surface area contributed by atoms with Gasteiger partial charge in [0.05, 0.1) is 0 Å². The highest BCUT2D eigenvalue weighted by molar-refractivity contribution is 5.13. The molecule has 1 saturated heterocycles. The topological polar surface area (TPSA) is 3.24 Å². The van der Waals surface area contributed by atoms with Gasteiger partial charge >= 0.3 is 0 Å². The zero-order valence-corrected chi connectivity index (χ0v) is 11.4. The maximum atomic E-state index is 4.17. The molecule has 0 aromatic heterocycles. The fourth-order valence-electron chi connectivity index (χ4n) is 2.57. The van der Waals surface area contributed by atoms with E-state index in [0.29, 0.717) is 6.04 Å². The molecular weight excluding hydrogens is 206 g/mol. The Morgan fingerprint density at radius 1 is 1.18 bits per heavy atom. The van der Waals surface area contributed by atoms with Crippen LogP contribution in [0.5, 0.6) is 0 Å². The van der Waals surface area contributed by atoms with Crippen LogP contribution in [0.2, 0.25) is 0 Å². The van der Waals surface area contributed by atoms with Crippen LogP contribution < -0.4 is 0 Å². The second-order valence-electron chi connectivity index (χ2n) is 5.21. The summed E-state index contributed by atoms with van der Waals surface area (Å²) in [7, 11) is 0. The molecule has 1 heteroatoms. The molecule has 17 heavy (non-hydrogen) atoms. The molecule has 1 heterocycles. The van der Waals surface area contributed by atoms with Gasteiger partial charge in [0.15, 0.2) is 0 Å². The molecule has 0 aromatic carbocycles. The van der Waals surface area contributed by atoms with Crippen LogP contribution in [-0.4, -0.2) is 24.0 Å². The Hall–Kier alpha value is -0.820. The van der Waals surface area contributed by atoms with E-state index in [2.05, 4.69) is 31.6 Å². The summed E-state index contributed by atoms with van der Waals surface area (Å²) in [6, 6.07) is 0.532. The number of rotatable bonds is 6. The van der Waals surface area contributed by atoms with Gasteiger partial charge in [0.1, 0.15) is 0 Å². The zero-order chi connectivity index (χ0) is 12.7.